The molecule has 2 aliphatic rings. The molecule has 1 amide bonds. The van der Waals surface area contributed by atoms with E-state index in [1.54, 1.807) is 0 Å². The highest BCUT2D eigenvalue weighted by molar-refractivity contribution is 5.80. The van der Waals surface area contributed by atoms with Gasteiger partial charge in [-0.25, -0.2) is 0 Å². The smallest absolute Gasteiger partial charge is 0.251 e. The Labute approximate surface area is 97.3 Å². The molecule has 2 saturated heterocycles. The predicted molar refractivity (Wildman–Crippen MR) is 62.2 cm³/mol. The van der Waals surface area contributed by atoms with E-state index < -0.39 is 0 Å². The Balaban J connectivity index is 1.77. The number of likely N-dealkylation sites (N-methyl/N-ethyl adjacent to an activating group) is 1. The number of hydrogen-bond donors (Lipinski definition) is 1. The van der Waals surface area contributed by atoms with Crippen molar-refractivity contribution < 1.29 is 9.53 Å². The summed E-state index contributed by atoms with van der Waals surface area (Å²) in [6.45, 7) is 3.78. The highest BCUT2D eigenvalue weighted by Gasteiger charge is 2.27. The Morgan fingerprint density at radius 2 is 2.31 bits per heavy atom. The fraction of sp³-hybridized carbons (Fsp3) is 0.917. The van der Waals surface area contributed by atoms with Gasteiger partial charge in [-0.15, -0.1) is 0 Å². The third-order valence-electron chi connectivity index (χ3n) is 3.51. The van der Waals surface area contributed by atoms with Crippen LogP contribution in [0.4, 0.5) is 0 Å². The second-order valence-electron chi connectivity index (χ2n) is 4.93. The van der Waals surface area contributed by atoms with Crippen LogP contribution in [-0.2, 0) is 9.53 Å². The topological polar surface area (TPSA) is 41.6 Å². The van der Waals surface area contributed by atoms with Crippen molar-refractivity contribution >= 4 is 5.91 Å². The van der Waals surface area contributed by atoms with E-state index in [4.69, 9.17) is 4.74 Å². The standard InChI is InChI=1S/C12H22N2O2/c1-14(9-10-4-2-6-13-8-10)12(15)11-5-3-7-16-11/h10-11,13H,2-9H2,1H3/t10?,11-/m0/s1. The third kappa shape index (κ3) is 2.95. The van der Waals surface area contributed by atoms with E-state index in [2.05, 4.69) is 5.32 Å². The van der Waals surface area contributed by atoms with Crippen LogP contribution in [-0.4, -0.2) is 50.2 Å². The Morgan fingerprint density at radius 1 is 1.44 bits per heavy atom. The summed E-state index contributed by atoms with van der Waals surface area (Å²) in [5.74, 6) is 0.784. The number of rotatable bonds is 3. The molecule has 0 spiro atoms. The molecule has 4 heteroatoms. The third-order valence-corrected chi connectivity index (χ3v) is 3.51. The molecule has 0 saturated carbocycles. The minimum absolute atomic E-state index is 0.165. The lowest BCUT2D eigenvalue weighted by Crippen LogP contribution is -2.42. The molecule has 2 aliphatic heterocycles. The summed E-state index contributed by atoms with van der Waals surface area (Å²) in [4.78, 5) is 13.9. The van der Waals surface area contributed by atoms with Crippen LogP contribution < -0.4 is 5.32 Å². The minimum Gasteiger partial charge on any atom is -0.368 e. The molecular weight excluding hydrogens is 204 g/mol. The van der Waals surface area contributed by atoms with Crippen molar-refractivity contribution in [3.63, 3.8) is 0 Å². The molecule has 2 atom stereocenters. The SMILES string of the molecule is CN(CC1CCCNC1)C(=O)[C@@H]1CCCO1. The van der Waals surface area contributed by atoms with Gasteiger partial charge >= 0.3 is 0 Å². The molecule has 0 aromatic rings. The van der Waals surface area contributed by atoms with Crippen LogP contribution in [0.3, 0.4) is 0 Å². The maximum Gasteiger partial charge on any atom is 0.251 e. The molecule has 1 unspecified atom stereocenters. The van der Waals surface area contributed by atoms with Gasteiger partial charge < -0.3 is 15.0 Å². The average Bonchev–Trinajstić information content (AvgIpc) is 2.83. The monoisotopic (exact) mass is 226 g/mol. The van der Waals surface area contributed by atoms with E-state index >= 15 is 0 Å². The van der Waals surface area contributed by atoms with Crippen molar-refractivity contribution in [1.82, 2.24) is 10.2 Å². The molecule has 2 heterocycles. The number of nitrogens with zero attached hydrogens (tertiary/aromatic N) is 1. The maximum atomic E-state index is 12.0. The van der Waals surface area contributed by atoms with E-state index in [0.29, 0.717) is 5.92 Å². The van der Waals surface area contributed by atoms with Crippen molar-refractivity contribution in [3.05, 3.63) is 0 Å². The molecule has 92 valence electrons. The molecule has 0 aliphatic carbocycles. The van der Waals surface area contributed by atoms with Gasteiger partial charge in [-0.1, -0.05) is 0 Å². The molecule has 0 aromatic heterocycles. The van der Waals surface area contributed by atoms with Gasteiger partial charge in [0, 0.05) is 20.2 Å². The first-order chi connectivity index (χ1) is 7.77. The Hall–Kier alpha value is -0.610. The first kappa shape index (κ1) is 11.9. The number of hydrogen-bond acceptors (Lipinski definition) is 3. The van der Waals surface area contributed by atoms with Gasteiger partial charge in [0.15, 0.2) is 0 Å². The van der Waals surface area contributed by atoms with Crippen LogP contribution in [0.2, 0.25) is 0 Å². The summed E-state index contributed by atoms with van der Waals surface area (Å²) >= 11 is 0. The largest absolute Gasteiger partial charge is 0.368 e. The Kier molecular flexibility index (Phi) is 4.18. The number of carbonyl (C=O) groups is 1. The molecule has 0 radical (unpaired) electrons. The van der Waals surface area contributed by atoms with Gasteiger partial charge in [0.2, 0.25) is 0 Å². The van der Waals surface area contributed by atoms with Crippen molar-refractivity contribution in [2.24, 2.45) is 5.92 Å². The molecule has 4 nitrogen and oxygen atoms in total. The second-order valence-corrected chi connectivity index (χ2v) is 4.93. The molecule has 16 heavy (non-hydrogen) atoms. The Bertz CT molecular complexity index is 233. The van der Waals surface area contributed by atoms with Crippen molar-refractivity contribution in [2.45, 2.75) is 31.8 Å². The number of amides is 1. The van der Waals surface area contributed by atoms with Gasteiger partial charge in [0.05, 0.1) is 0 Å². The summed E-state index contributed by atoms with van der Waals surface area (Å²) in [5, 5.41) is 3.38. The number of carbonyl (C=O) groups excluding carboxylic acids is 1. The molecule has 2 rings (SSSR count). The maximum absolute atomic E-state index is 12.0. The number of nitrogens with one attached hydrogen (secondary N) is 1. The van der Waals surface area contributed by atoms with Crippen LogP contribution in [0.25, 0.3) is 0 Å². The highest BCUT2D eigenvalue weighted by atomic mass is 16.5. The fourth-order valence-corrected chi connectivity index (χ4v) is 2.58. The molecular formula is C12H22N2O2. The minimum atomic E-state index is -0.165. The normalized spacial score (nSPS) is 30.3. The quantitative estimate of drug-likeness (QED) is 0.767. The fourth-order valence-electron chi connectivity index (χ4n) is 2.58. The first-order valence-electron chi connectivity index (χ1n) is 6.34. The van der Waals surface area contributed by atoms with Gasteiger partial charge in [-0.3, -0.25) is 4.79 Å². The number of ether oxygens (including phenoxy) is 1. The van der Waals surface area contributed by atoms with E-state index in [1.165, 1.54) is 12.8 Å². The van der Waals surface area contributed by atoms with Gasteiger partial charge in [0.1, 0.15) is 6.10 Å². The lowest BCUT2D eigenvalue weighted by atomic mass is 9.99. The van der Waals surface area contributed by atoms with Gasteiger partial charge in [-0.2, -0.15) is 0 Å². The molecule has 2 fully saturated rings. The molecule has 0 aromatic carbocycles. The molecule has 1 N–H and O–H groups in total. The van der Waals surface area contributed by atoms with Crippen LogP contribution in [0.1, 0.15) is 25.7 Å². The van der Waals surface area contributed by atoms with Gasteiger partial charge in [-0.05, 0) is 44.7 Å². The number of piperidine rings is 1. The lowest BCUT2D eigenvalue weighted by molar-refractivity contribution is -0.140. The first-order valence-corrected chi connectivity index (χ1v) is 6.34. The predicted octanol–water partition coefficient (Wildman–Crippen LogP) is 0.623. The van der Waals surface area contributed by atoms with E-state index in [-0.39, 0.29) is 12.0 Å². The highest BCUT2D eigenvalue weighted by Crippen LogP contribution is 2.16. The van der Waals surface area contributed by atoms with Crippen LogP contribution in [0, 0.1) is 5.92 Å². The zero-order valence-electron chi connectivity index (χ0n) is 10.1. The molecule has 0 bridgehead atoms. The summed E-state index contributed by atoms with van der Waals surface area (Å²) < 4.78 is 5.42. The summed E-state index contributed by atoms with van der Waals surface area (Å²) in [5.41, 5.74) is 0. The summed E-state index contributed by atoms with van der Waals surface area (Å²) in [6.07, 6.45) is 4.21. The van der Waals surface area contributed by atoms with Gasteiger partial charge in [0.25, 0.3) is 5.91 Å². The zero-order chi connectivity index (χ0) is 11.4. The van der Waals surface area contributed by atoms with E-state index in [9.17, 15) is 4.79 Å². The average molecular weight is 226 g/mol. The zero-order valence-corrected chi connectivity index (χ0v) is 10.1. The summed E-state index contributed by atoms with van der Waals surface area (Å²) in [6, 6.07) is 0. The van der Waals surface area contributed by atoms with Crippen LogP contribution >= 0.6 is 0 Å². The second kappa shape index (κ2) is 5.64. The Morgan fingerprint density at radius 3 is 2.94 bits per heavy atom. The van der Waals surface area contributed by atoms with Crippen molar-refractivity contribution in [1.29, 1.82) is 0 Å². The van der Waals surface area contributed by atoms with E-state index in [1.807, 2.05) is 11.9 Å². The van der Waals surface area contributed by atoms with Crippen LogP contribution in [0.5, 0.6) is 0 Å². The van der Waals surface area contributed by atoms with Crippen molar-refractivity contribution in [2.75, 3.05) is 33.3 Å². The van der Waals surface area contributed by atoms with Crippen molar-refractivity contribution in [3.8, 4) is 0 Å². The van der Waals surface area contributed by atoms with Crippen LogP contribution in [0.15, 0.2) is 0 Å². The van der Waals surface area contributed by atoms with E-state index in [0.717, 1.165) is 39.1 Å². The summed E-state index contributed by atoms with van der Waals surface area (Å²) in [7, 11) is 1.90. The lowest BCUT2D eigenvalue weighted by Gasteiger charge is -2.28.